The molecule has 0 unspecified atom stereocenters. The van der Waals surface area contributed by atoms with Crippen molar-refractivity contribution in [2.75, 3.05) is 0 Å². The van der Waals surface area contributed by atoms with Crippen LogP contribution < -0.4 is 0 Å². The second-order valence-corrected chi connectivity index (χ2v) is 14.3. The first-order valence-corrected chi connectivity index (χ1v) is 18.1. The molecule has 51 heavy (non-hydrogen) atoms. The Kier molecular flexibility index (Phi) is 6.16. The molecule has 3 heteroatoms. The van der Waals surface area contributed by atoms with E-state index in [9.17, 15) is 0 Å². The summed E-state index contributed by atoms with van der Waals surface area (Å²) in [7, 11) is 0. The summed E-state index contributed by atoms with van der Waals surface area (Å²) in [6.45, 7) is 0. The zero-order valence-electron chi connectivity index (χ0n) is 27.5. The van der Waals surface area contributed by atoms with E-state index in [-0.39, 0.29) is 0 Å². The third-order valence-corrected chi connectivity index (χ3v) is 11.6. The van der Waals surface area contributed by atoms with Gasteiger partial charge in [0.05, 0.1) is 22.4 Å². The van der Waals surface area contributed by atoms with Crippen LogP contribution in [0.15, 0.2) is 170 Å². The van der Waals surface area contributed by atoms with Crippen LogP contribution in [0.25, 0.3) is 108 Å². The van der Waals surface area contributed by atoms with Gasteiger partial charge < -0.3 is 0 Å². The molecule has 11 rings (SSSR count). The van der Waals surface area contributed by atoms with Crippen molar-refractivity contribution in [2.45, 2.75) is 0 Å². The third-order valence-electron chi connectivity index (χ3n) is 10.4. The van der Waals surface area contributed by atoms with Crippen molar-refractivity contribution in [1.29, 1.82) is 0 Å². The van der Waals surface area contributed by atoms with Crippen LogP contribution in [0.4, 0.5) is 0 Å². The van der Waals surface area contributed by atoms with E-state index in [4.69, 9.17) is 9.97 Å². The Morgan fingerprint density at radius 1 is 0.333 bits per heavy atom. The fourth-order valence-corrected chi connectivity index (χ4v) is 9.38. The number of rotatable bonds is 3. The molecule has 0 atom stereocenters. The van der Waals surface area contributed by atoms with Crippen LogP contribution in [-0.2, 0) is 0 Å². The molecule has 0 fully saturated rings. The number of hydrogen-bond donors (Lipinski definition) is 0. The van der Waals surface area contributed by atoms with E-state index in [1.165, 1.54) is 69.0 Å². The molecule has 11 aromatic rings. The van der Waals surface area contributed by atoms with Crippen LogP contribution in [0.5, 0.6) is 0 Å². The average Bonchev–Trinajstić information content (AvgIpc) is 3.59. The molecule has 0 saturated carbocycles. The van der Waals surface area contributed by atoms with Gasteiger partial charge in [0.25, 0.3) is 0 Å². The molecule has 3 heterocycles. The van der Waals surface area contributed by atoms with Gasteiger partial charge in [0.2, 0.25) is 0 Å². The third kappa shape index (κ3) is 4.29. The van der Waals surface area contributed by atoms with Gasteiger partial charge in [0, 0.05) is 63.6 Å². The Hall–Kier alpha value is -6.42. The molecule has 8 aromatic carbocycles. The van der Waals surface area contributed by atoms with Gasteiger partial charge in [-0.05, 0) is 46.2 Å². The molecule has 0 aliphatic carbocycles. The van der Waals surface area contributed by atoms with Crippen LogP contribution in [0.2, 0.25) is 0 Å². The minimum absolute atomic E-state index is 1.01. The van der Waals surface area contributed by atoms with Gasteiger partial charge in [0.1, 0.15) is 0 Å². The molecule has 3 aromatic heterocycles. The molecule has 0 bridgehead atoms. The van der Waals surface area contributed by atoms with E-state index in [0.717, 1.165) is 38.9 Å². The van der Waals surface area contributed by atoms with Crippen LogP contribution in [0.1, 0.15) is 0 Å². The Morgan fingerprint density at radius 2 is 0.863 bits per heavy atom. The highest BCUT2D eigenvalue weighted by Crippen LogP contribution is 2.45. The number of benzene rings is 8. The van der Waals surface area contributed by atoms with Gasteiger partial charge in [-0.3, -0.25) is 0 Å². The van der Waals surface area contributed by atoms with Crippen LogP contribution >= 0.6 is 11.3 Å². The van der Waals surface area contributed by atoms with Crippen molar-refractivity contribution >= 4 is 85.6 Å². The normalized spacial score (nSPS) is 11.9. The topological polar surface area (TPSA) is 25.8 Å². The zero-order chi connectivity index (χ0) is 33.5. The first kappa shape index (κ1) is 28.4. The summed E-state index contributed by atoms with van der Waals surface area (Å²) in [6.07, 6.45) is 0. The maximum Gasteiger partial charge on any atom is 0.0788 e. The number of hydrogen-bond acceptors (Lipinski definition) is 3. The smallest absolute Gasteiger partial charge is 0.0788 e. The van der Waals surface area contributed by atoms with Gasteiger partial charge in [-0.25, -0.2) is 9.97 Å². The fraction of sp³-hybridized carbons (Fsp3) is 0. The largest absolute Gasteiger partial charge is 0.247 e. The first-order chi connectivity index (χ1) is 25.3. The minimum atomic E-state index is 1.01. The van der Waals surface area contributed by atoms with E-state index in [1.807, 2.05) is 11.3 Å². The number of aromatic nitrogens is 2. The second kappa shape index (κ2) is 11.0. The summed E-state index contributed by atoms with van der Waals surface area (Å²) in [5.41, 5.74) is 8.64. The quantitative estimate of drug-likeness (QED) is 0.176. The molecular formula is C48H28N2S. The summed E-state index contributed by atoms with van der Waals surface area (Å²) in [4.78, 5) is 10.5. The lowest BCUT2D eigenvalue weighted by molar-refractivity contribution is 1.43. The standard InChI is InChI=1S/C48H28N2S/c1-2-12-30(13-3-1)47-40-28-39(32-14-4-5-16-34(32)44(40)36-17-6-9-19-41(36)50-47)29-22-24-31(25-23-29)46-38-27-26-35-33-15-8-11-21-43(33)51-48(35)45(38)37-18-7-10-20-42(37)49-46/h1-28H. The van der Waals surface area contributed by atoms with Gasteiger partial charge >= 0.3 is 0 Å². The summed E-state index contributed by atoms with van der Waals surface area (Å²) in [5, 5.41) is 12.3. The maximum absolute atomic E-state index is 5.30. The van der Waals surface area contributed by atoms with Gasteiger partial charge in [-0.15, -0.1) is 11.3 Å². The Morgan fingerprint density at radius 3 is 1.61 bits per heavy atom. The molecule has 0 saturated heterocycles. The number of nitrogens with zero attached hydrogens (tertiary/aromatic N) is 2. The van der Waals surface area contributed by atoms with E-state index in [0.29, 0.717) is 0 Å². The molecule has 0 N–H and O–H groups in total. The highest BCUT2D eigenvalue weighted by Gasteiger charge is 2.18. The summed E-state index contributed by atoms with van der Waals surface area (Å²) < 4.78 is 2.64. The molecule has 0 amide bonds. The highest BCUT2D eigenvalue weighted by atomic mass is 32.1. The molecule has 0 aliphatic rings. The number of para-hydroxylation sites is 2. The van der Waals surface area contributed by atoms with Crippen molar-refractivity contribution in [3.05, 3.63) is 170 Å². The second-order valence-electron chi connectivity index (χ2n) is 13.3. The highest BCUT2D eigenvalue weighted by molar-refractivity contribution is 7.26. The summed E-state index contributed by atoms with van der Waals surface area (Å²) in [6, 6.07) is 61.1. The van der Waals surface area contributed by atoms with Crippen molar-refractivity contribution in [3.63, 3.8) is 0 Å². The Labute approximate surface area is 297 Å². The van der Waals surface area contributed by atoms with Gasteiger partial charge in [-0.2, -0.15) is 0 Å². The molecule has 2 nitrogen and oxygen atoms in total. The predicted molar refractivity (Wildman–Crippen MR) is 219 cm³/mol. The zero-order valence-corrected chi connectivity index (χ0v) is 28.3. The van der Waals surface area contributed by atoms with Crippen molar-refractivity contribution in [3.8, 4) is 33.6 Å². The Bertz CT molecular complexity index is 3180. The lowest BCUT2D eigenvalue weighted by Gasteiger charge is -2.16. The number of pyridine rings is 2. The SMILES string of the molecule is c1ccc(-c2nc3ccccc3c3c2cc(-c2ccc(-c4nc5ccccc5c5c4ccc4c6ccccc6sc45)cc2)c2ccccc23)cc1. The minimum Gasteiger partial charge on any atom is -0.247 e. The maximum atomic E-state index is 5.30. The van der Waals surface area contributed by atoms with Crippen LogP contribution in [0, 0.1) is 0 Å². The van der Waals surface area contributed by atoms with E-state index in [2.05, 4.69) is 170 Å². The molecule has 0 aliphatic heterocycles. The van der Waals surface area contributed by atoms with Crippen molar-refractivity contribution < 1.29 is 0 Å². The number of fused-ring (bicyclic) bond motifs is 12. The van der Waals surface area contributed by atoms with Gasteiger partial charge in [-0.1, -0.05) is 146 Å². The summed E-state index contributed by atoms with van der Waals surface area (Å²) in [5.74, 6) is 0. The van der Waals surface area contributed by atoms with Crippen LogP contribution in [-0.4, -0.2) is 9.97 Å². The molecular weight excluding hydrogens is 637 g/mol. The van der Waals surface area contributed by atoms with E-state index in [1.54, 1.807) is 0 Å². The predicted octanol–water partition coefficient (Wildman–Crippen LogP) is 13.6. The average molecular weight is 665 g/mol. The Balaban J connectivity index is 1.15. The van der Waals surface area contributed by atoms with Crippen molar-refractivity contribution in [1.82, 2.24) is 9.97 Å². The molecule has 0 radical (unpaired) electrons. The van der Waals surface area contributed by atoms with E-state index < -0.39 is 0 Å². The lowest BCUT2D eigenvalue weighted by Crippen LogP contribution is -1.93. The van der Waals surface area contributed by atoms with Crippen molar-refractivity contribution in [2.24, 2.45) is 0 Å². The lowest BCUT2D eigenvalue weighted by atomic mass is 9.89. The molecule has 0 spiro atoms. The first-order valence-electron chi connectivity index (χ1n) is 17.3. The molecule has 236 valence electrons. The van der Waals surface area contributed by atoms with Gasteiger partial charge in [0.15, 0.2) is 0 Å². The summed E-state index contributed by atoms with van der Waals surface area (Å²) >= 11 is 1.88. The number of thiophene rings is 1. The van der Waals surface area contributed by atoms with Crippen LogP contribution in [0.3, 0.4) is 0 Å². The fourth-order valence-electron chi connectivity index (χ4n) is 8.11. The monoisotopic (exact) mass is 664 g/mol. The van der Waals surface area contributed by atoms with E-state index >= 15 is 0 Å².